The molecule has 0 atom stereocenters. The molecule has 0 spiro atoms. The largest absolute Gasteiger partial charge is 0.370 e. The summed E-state index contributed by atoms with van der Waals surface area (Å²) in [4.78, 5) is 10.9. The summed E-state index contributed by atoms with van der Waals surface area (Å²) in [5, 5.41) is 3.20. The zero-order chi connectivity index (χ0) is 13.7. The van der Waals surface area contributed by atoms with Crippen LogP contribution in [-0.4, -0.2) is 29.6 Å². The molecule has 2 rings (SSSR count). The highest BCUT2D eigenvalue weighted by Gasteiger charge is 2.20. The number of piperidine rings is 1. The van der Waals surface area contributed by atoms with E-state index in [2.05, 4.69) is 27.1 Å². The van der Waals surface area contributed by atoms with E-state index in [0.29, 0.717) is 5.95 Å². The summed E-state index contributed by atoms with van der Waals surface area (Å²) in [6.45, 7) is 7.31. The lowest BCUT2D eigenvalue weighted by Crippen LogP contribution is -2.34. The third-order valence-electron chi connectivity index (χ3n) is 3.72. The van der Waals surface area contributed by atoms with Crippen molar-refractivity contribution in [1.29, 1.82) is 0 Å². The SMILES string of the molecule is CCCC1CCN(c2cc(NCC)nc(N)n2)CC1. The Balaban J connectivity index is 2.02. The number of anilines is 3. The fourth-order valence-corrected chi connectivity index (χ4v) is 2.75. The van der Waals surface area contributed by atoms with Crippen molar-refractivity contribution in [3.05, 3.63) is 6.07 Å². The van der Waals surface area contributed by atoms with Crippen LogP contribution in [0.2, 0.25) is 0 Å². The van der Waals surface area contributed by atoms with Crippen LogP contribution in [0.3, 0.4) is 0 Å². The van der Waals surface area contributed by atoms with Gasteiger partial charge in [-0.3, -0.25) is 0 Å². The van der Waals surface area contributed by atoms with Crippen LogP contribution in [0, 0.1) is 5.92 Å². The molecular weight excluding hydrogens is 238 g/mol. The molecule has 0 bridgehead atoms. The second kappa shape index (κ2) is 6.59. The Hall–Kier alpha value is -1.52. The van der Waals surface area contributed by atoms with Crippen molar-refractivity contribution in [3.63, 3.8) is 0 Å². The van der Waals surface area contributed by atoms with E-state index in [4.69, 9.17) is 5.73 Å². The second-order valence-electron chi connectivity index (χ2n) is 5.22. The zero-order valence-corrected chi connectivity index (χ0v) is 12.0. The predicted octanol–water partition coefficient (Wildman–Crippen LogP) is 2.51. The molecule has 5 heteroatoms. The second-order valence-corrected chi connectivity index (χ2v) is 5.22. The summed E-state index contributed by atoms with van der Waals surface area (Å²) in [6.07, 6.45) is 5.15. The van der Waals surface area contributed by atoms with Gasteiger partial charge >= 0.3 is 0 Å². The van der Waals surface area contributed by atoms with Crippen molar-refractivity contribution < 1.29 is 0 Å². The Bertz CT molecular complexity index is 399. The van der Waals surface area contributed by atoms with Gasteiger partial charge in [-0.15, -0.1) is 0 Å². The van der Waals surface area contributed by atoms with Crippen molar-refractivity contribution in [2.45, 2.75) is 39.5 Å². The zero-order valence-electron chi connectivity index (χ0n) is 12.0. The van der Waals surface area contributed by atoms with Gasteiger partial charge in [-0.05, 0) is 25.7 Å². The minimum absolute atomic E-state index is 0.351. The Kier molecular flexibility index (Phi) is 4.82. The molecule has 3 N–H and O–H groups in total. The van der Waals surface area contributed by atoms with Gasteiger partial charge in [0.2, 0.25) is 5.95 Å². The Morgan fingerprint density at radius 3 is 2.68 bits per heavy atom. The van der Waals surface area contributed by atoms with Gasteiger partial charge in [0.25, 0.3) is 0 Å². The number of rotatable bonds is 5. The fraction of sp³-hybridized carbons (Fsp3) is 0.714. The highest BCUT2D eigenvalue weighted by molar-refractivity contribution is 5.52. The molecule has 2 heterocycles. The van der Waals surface area contributed by atoms with E-state index in [1.165, 1.54) is 25.7 Å². The Labute approximate surface area is 115 Å². The van der Waals surface area contributed by atoms with E-state index < -0.39 is 0 Å². The number of hydrogen-bond acceptors (Lipinski definition) is 5. The minimum Gasteiger partial charge on any atom is -0.370 e. The van der Waals surface area contributed by atoms with Gasteiger partial charge in [-0.1, -0.05) is 19.8 Å². The highest BCUT2D eigenvalue weighted by Crippen LogP contribution is 2.26. The molecule has 106 valence electrons. The van der Waals surface area contributed by atoms with Crippen LogP contribution in [0.1, 0.15) is 39.5 Å². The van der Waals surface area contributed by atoms with Crippen LogP contribution >= 0.6 is 0 Å². The Morgan fingerprint density at radius 1 is 1.32 bits per heavy atom. The Morgan fingerprint density at radius 2 is 2.05 bits per heavy atom. The standard InChI is InChI=1S/C14H25N5/c1-3-5-11-6-8-19(9-7-11)13-10-12(16-4-2)17-14(15)18-13/h10-11H,3-9H2,1-2H3,(H3,15,16,17,18). The molecular formula is C14H25N5. The van der Waals surface area contributed by atoms with E-state index in [9.17, 15) is 0 Å². The van der Waals surface area contributed by atoms with Crippen molar-refractivity contribution in [1.82, 2.24) is 9.97 Å². The first-order chi connectivity index (χ1) is 9.22. The number of nitrogens with two attached hydrogens (primary N) is 1. The van der Waals surface area contributed by atoms with Crippen LogP contribution in [-0.2, 0) is 0 Å². The summed E-state index contributed by atoms with van der Waals surface area (Å²) in [5.41, 5.74) is 5.78. The van der Waals surface area contributed by atoms with Crippen molar-refractivity contribution in [3.8, 4) is 0 Å². The van der Waals surface area contributed by atoms with Gasteiger partial charge in [0.1, 0.15) is 11.6 Å². The topological polar surface area (TPSA) is 67.1 Å². The predicted molar refractivity (Wildman–Crippen MR) is 80.5 cm³/mol. The first kappa shape index (κ1) is 13.9. The molecule has 0 unspecified atom stereocenters. The van der Waals surface area contributed by atoms with Gasteiger partial charge in [0, 0.05) is 25.7 Å². The molecule has 0 amide bonds. The van der Waals surface area contributed by atoms with Crippen LogP contribution in [0.15, 0.2) is 6.07 Å². The van der Waals surface area contributed by atoms with Gasteiger partial charge in [0.05, 0.1) is 0 Å². The molecule has 0 saturated carbocycles. The maximum Gasteiger partial charge on any atom is 0.223 e. The smallest absolute Gasteiger partial charge is 0.223 e. The third-order valence-corrected chi connectivity index (χ3v) is 3.72. The number of hydrogen-bond donors (Lipinski definition) is 2. The minimum atomic E-state index is 0.351. The molecule has 19 heavy (non-hydrogen) atoms. The lowest BCUT2D eigenvalue weighted by atomic mass is 9.92. The maximum atomic E-state index is 5.78. The average Bonchev–Trinajstić information content (AvgIpc) is 2.40. The summed E-state index contributed by atoms with van der Waals surface area (Å²) in [7, 11) is 0. The van der Waals surface area contributed by atoms with Gasteiger partial charge in [0.15, 0.2) is 0 Å². The van der Waals surface area contributed by atoms with Crippen LogP contribution in [0.5, 0.6) is 0 Å². The molecule has 0 aromatic carbocycles. The lowest BCUT2D eigenvalue weighted by molar-refractivity contribution is 0.377. The molecule has 1 aliphatic heterocycles. The monoisotopic (exact) mass is 263 g/mol. The first-order valence-electron chi connectivity index (χ1n) is 7.36. The summed E-state index contributed by atoms with van der Waals surface area (Å²) in [5.74, 6) is 3.01. The molecule has 0 radical (unpaired) electrons. The van der Waals surface area contributed by atoms with Gasteiger partial charge < -0.3 is 16.0 Å². The number of nitrogen functional groups attached to an aromatic ring is 1. The lowest BCUT2D eigenvalue weighted by Gasteiger charge is -2.32. The summed E-state index contributed by atoms with van der Waals surface area (Å²) >= 11 is 0. The molecule has 1 saturated heterocycles. The maximum absolute atomic E-state index is 5.78. The number of nitrogens with zero attached hydrogens (tertiary/aromatic N) is 3. The summed E-state index contributed by atoms with van der Waals surface area (Å²) < 4.78 is 0. The molecule has 1 aliphatic rings. The quantitative estimate of drug-likeness (QED) is 0.854. The average molecular weight is 263 g/mol. The van der Waals surface area contributed by atoms with Crippen LogP contribution in [0.25, 0.3) is 0 Å². The highest BCUT2D eigenvalue weighted by atomic mass is 15.2. The van der Waals surface area contributed by atoms with E-state index in [1.54, 1.807) is 0 Å². The van der Waals surface area contributed by atoms with Crippen LogP contribution < -0.4 is 16.0 Å². The molecule has 1 aromatic rings. The van der Waals surface area contributed by atoms with Gasteiger partial charge in [-0.2, -0.15) is 9.97 Å². The van der Waals surface area contributed by atoms with E-state index in [1.807, 2.05) is 13.0 Å². The normalized spacial score (nSPS) is 16.6. The van der Waals surface area contributed by atoms with Crippen molar-refractivity contribution in [2.24, 2.45) is 5.92 Å². The van der Waals surface area contributed by atoms with E-state index >= 15 is 0 Å². The fourth-order valence-electron chi connectivity index (χ4n) is 2.75. The first-order valence-corrected chi connectivity index (χ1v) is 7.36. The van der Waals surface area contributed by atoms with Crippen molar-refractivity contribution in [2.75, 3.05) is 35.6 Å². The summed E-state index contributed by atoms with van der Waals surface area (Å²) in [6, 6.07) is 2.00. The number of nitrogens with one attached hydrogen (secondary N) is 1. The third kappa shape index (κ3) is 3.72. The van der Waals surface area contributed by atoms with Gasteiger partial charge in [-0.25, -0.2) is 0 Å². The molecule has 5 nitrogen and oxygen atoms in total. The number of aromatic nitrogens is 2. The van der Waals surface area contributed by atoms with Crippen LogP contribution in [0.4, 0.5) is 17.6 Å². The molecule has 1 fully saturated rings. The molecule has 0 aliphatic carbocycles. The van der Waals surface area contributed by atoms with Crippen molar-refractivity contribution >= 4 is 17.6 Å². The molecule has 1 aromatic heterocycles. The van der Waals surface area contributed by atoms with E-state index in [0.717, 1.165) is 37.2 Å². The van der Waals surface area contributed by atoms with E-state index in [-0.39, 0.29) is 0 Å².